The maximum Gasteiger partial charge on any atom is 0.410 e. The van der Waals surface area contributed by atoms with Gasteiger partial charge in [0.15, 0.2) is 0 Å². The van der Waals surface area contributed by atoms with Crippen molar-refractivity contribution >= 4 is 12.2 Å². The second-order valence-electron chi connectivity index (χ2n) is 9.03. The molecule has 9 heteroatoms. The Morgan fingerprint density at radius 1 is 0.679 bits per heavy atom. The van der Waals surface area contributed by atoms with Gasteiger partial charge in [-0.15, -0.1) is 4.91 Å². The molecule has 0 aromatic carbocycles. The highest BCUT2D eigenvalue weighted by Gasteiger charge is 2.29. The normalized spacial score (nSPS) is 18.0. The predicted molar refractivity (Wildman–Crippen MR) is 107 cm³/mol. The van der Waals surface area contributed by atoms with Gasteiger partial charge < -0.3 is 19.3 Å². The van der Waals surface area contributed by atoms with Gasteiger partial charge in [0.25, 0.3) is 0 Å². The van der Waals surface area contributed by atoms with Crippen molar-refractivity contribution in [3.8, 4) is 0 Å². The summed E-state index contributed by atoms with van der Waals surface area (Å²) in [6.07, 6.45) is 2.85. The van der Waals surface area contributed by atoms with Gasteiger partial charge in [0, 0.05) is 39.3 Å². The van der Waals surface area contributed by atoms with Gasteiger partial charge >= 0.3 is 12.2 Å². The minimum atomic E-state index is -0.501. The van der Waals surface area contributed by atoms with Crippen molar-refractivity contribution in [2.24, 2.45) is 5.29 Å². The highest BCUT2D eigenvalue weighted by molar-refractivity contribution is 5.70. The summed E-state index contributed by atoms with van der Waals surface area (Å²) in [7, 11) is 0. The maximum absolute atomic E-state index is 11.9. The van der Waals surface area contributed by atoms with Crippen LogP contribution in [0.1, 0.15) is 60.8 Å². The van der Waals surface area contributed by atoms with E-state index in [2.05, 4.69) is 5.29 Å². The molecule has 0 spiro atoms. The van der Waals surface area contributed by atoms with Crippen molar-refractivity contribution in [2.75, 3.05) is 39.3 Å². The Bertz CT molecular complexity index is 477. The van der Waals surface area contributed by atoms with Crippen LogP contribution in [0.5, 0.6) is 0 Å². The highest BCUT2D eigenvalue weighted by Crippen LogP contribution is 2.14. The van der Waals surface area contributed by atoms with E-state index in [1.807, 2.05) is 41.5 Å². The number of hydrogen-bond acceptors (Lipinski definition) is 6. The second kappa shape index (κ2) is 10.5. The van der Waals surface area contributed by atoms with Crippen LogP contribution in [0, 0.1) is 4.91 Å². The third kappa shape index (κ3) is 9.75. The van der Waals surface area contributed by atoms with Crippen LogP contribution >= 0.6 is 0 Å². The first-order chi connectivity index (χ1) is 12.9. The molecule has 0 aromatic rings. The van der Waals surface area contributed by atoms with Crippen LogP contribution in [0.3, 0.4) is 0 Å². The molecule has 2 aliphatic heterocycles. The lowest BCUT2D eigenvalue weighted by Crippen LogP contribution is -2.52. The number of carbonyl (C=O) groups is 2. The molecule has 2 aliphatic rings. The van der Waals surface area contributed by atoms with Crippen molar-refractivity contribution in [1.29, 1.82) is 0 Å². The molecule has 9 nitrogen and oxygen atoms in total. The molecule has 2 fully saturated rings. The first-order valence-electron chi connectivity index (χ1n) is 9.95. The van der Waals surface area contributed by atoms with Crippen molar-refractivity contribution in [3.63, 3.8) is 0 Å². The molecular formula is C19H36N4O5. The summed E-state index contributed by atoms with van der Waals surface area (Å²) < 4.78 is 10.6. The summed E-state index contributed by atoms with van der Waals surface area (Å²) in [5, 5.41) is 4.42. The second-order valence-corrected chi connectivity index (χ2v) is 9.03. The molecule has 0 unspecified atom stereocenters. The zero-order valence-corrected chi connectivity index (χ0v) is 18.2. The van der Waals surface area contributed by atoms with E-state index >= 15 is 0 Å². The number of nitroso groups, excluding NO2 is 1. The fraction of sp³-hybridized carbons (Fsp3) is 0.895. The number of carbonyl (C=O) groups excluding carboxylic acids is 2. The van der Waals surface area contributed by atoms with Gasteiger partial charge in [-0.05, 0) is 60.8 Å². The molecule has 162 valence electrons. The monoisotopic (exact) mass is 400 g/mol. The van der Waals surface area contributed by atoms with E-state index < -0.39 is 11.2 Å². The Hall–Kier alpha value is -2.06. The van der Waals surface area contributed by atoms with E-state index in [4.69, 9.17) is 9.47 Å². The standard InChI is InChI=1S/C14H26N2O4.C5H10N2O/c1-13(2,3)19-11(17)15-7-9-16(10-8-15)12(18)20-14(4,5)6;8-6-7-4-2-1-3-5-7/h7-10H2,1-6H3;1-5H2. The summed E-state index contributed by atoms with van der Waals surface area (Å²) >= 11 is 0. The van der Waals surface area contributed by atoms with Crippen molar-refractivity contribution in [2.45, 2.75) is 72.0 Å². The fourth-order valence-electron chi connectivity index (χ4n) is 2.68. The molecule has 2 saturated heterocycles. The molecule has 0 radical (unpaired) electrons. The quantitative estimate of drug-likeness (QED) is 0.624. The van der Waals surface area contributed by atoms with Gasteiger partial charge in [-0.3, -0.25) is 5.01 Å². The lowest BCUT2D eigenvalue weighted by molar-refractivity contribution is -0.000620. The first kappa shape index (κ1) is 24.0. The summed E-state index contributed by atoms with van der Waals surface area (Å²) in [5.74, 6) is 0. The molecule has 2 rings (SSSR count). The summed E-state index contributed by atoms with van der Waals surface area (Å²) in [5.41, 5.74) is -1.00. The average Bonchev–Trinajstić information content (AvgIpc) is 2.60. The number of piperazine rings is 1. The van der Waals surface area contributed by atoms with Gasteiger partial charge in [-0.1, -0.05) is 0 Å². The van der Waals surface area contributed by atoms with Crippen LogP contribution < -0.4 is 0 Å². The van der Waals surface area contributed by atoms with Gasteiger partial charge in [0.2, 0.25) is 0 Å². The van der Waals surface area contributed by atoms with Gasteiger partial charge in [-0.25, -0.2) is 9.59 Å². The molecule has 0 bridgehead atoms. The fourth-order valence-corrected chi connectivity index (χ4v) is 2.68. The van der Waals surface area contributed by atoms with Crippen LogP contribution in [-0.4, -0.2) is 77.5 Å². The molecule has 28 heavy (non-hydrogen) atoms. The average molecular weight is 401 g/mol. The molecule has 0 saturated carbocycles. The largest absolute Gasteiger partial charge is 0.444 e. The molecule has 0 aromatic heterocycles. The minimum absolute atomic E-state index is 0.332. The number of piperidine rings is 1. The number of ether oxygens (including phenoxy) is 2. The Kier molecular flexibility index (Phi) is 8.97. The maximum atomic E-state index is 11.9. The lowest BCUT2D eigenvalue weighted by atomic mass is 10.2. The van der Waals surface area contributed by atoms with Gasteiger partial charge in [-0.2, -0.15) is 0 Å². The molecule has 0 aliphatic carbocycles. The lowest BCUT2D eigenvalue weighted by Gasteiger charge is -2.36. The SMILES string of the molecule is CC(C)(C)OC(=O)N1CCN(C(=O)OC(C)(C)C)CC1.O=NN1CCCCC1. The Morgan fingerprint density at radius 3 is 1.29 bits per heavy atom. The van der Waals surface area contributed by atoms with Crippen LogP contribution in [0.25, 0.3) is 0 Å². The van der Waals surface area contributed by atoms with E-state index in [1.165, 1.54) is 6.42 Å². The zero-order valence-electron chi connectivity index (χ0n) is 18.2. The molecule has 2 heterocycles. The highest BCUT2D eigenvalue weighted by atomic mass is 16.6. The number of amides is 2. The molecular weight excluding hydrogens is 364 g/mol. The topological polar surface area (TPSA) is 91.8 Å². The summed E-state index contributed by atoms with van der Waals surface area (Å²) in [6.45, 7) is 14.6. The zero-order chi connectivity index (χ0) is 21.4. The number of nitrogens with zero attached hydrogens (tertiary/aromatic N) is 4. The van der Waals surface area contributed by atoms with Crippen LogP contribution in [0.4, 0.5) is 9.59 Å². The molecule has 0 N–H and O–H groups in total. The third-order valence-electron chi connectivity index (χ3n) is 4.03. The smallest absolute Gasteiger partial charge is 0.410 e. The molecule has 2 amide bonds. The third-order valence-corrected chi connectivity index (χ3v) is 4.03. The first-order valence-corrected chi connectivity index (χ1v) is 9.95. The molecule has 0 atom stereocenters. The Morgan fingerprint density at radius 2 is 1.04 bits per heavy atom. The van der Waals surface area contributed by atoms with Crippen LogP contribution in [0.2, 0.25) is 0 Å². The Labute approximate surface area is 168 Å². The van der Waals surface area contributed by atoms with Gasteiger partial charge in [0.05, 0.1) is 5.29 Å². The summed E-state index contributed by atoms with van der Waals surface area (Å²) in [4.78, 5) is 36.8. The summed E-state index contributed by atoms with van der Waals surface area (Å²) in [6, 6.07) is 0. The number of hydrogen-bond donors (Lipinski definition) is 0. The van der Waals surface area contributed by atoms with E-state index in [-0.39, 0.29) is 12.2 Å². The minimum Gasteiger partial charge on any atom is -0.444 e. The van der Waals surface area contributed by atoms with Gasteiger partial charge in [0.1, 0.15) is 11.2 Å². The number of rotatable bonds is 1. The van der Waals surface area contributed by atoms with Crippen LogP contribution in [0.15, 0.2) is 5.29 Å². The Balaban J connectivity index is 0.000000406. The van der Waals surface area contributed by atoms with Crippen molar-refractivity contribution in [3.05, 3.63) is 4.91 Å². The van der Waals surface area contributed by atoms with E-state index in [0.717, 1.165) is 25.9 Å². The van der Waals surface area contributed by atoms with E-state index in [9.17, 15) is 14.5 Å². The van der Waals surface area contributed by atoms with E-state index in [1.54, 1.807) is 14.8 Å². The predicted octanol–water partition coefficient (Wildman–Crippen LogP) is 3.63. The van der Waals surface area contributed by atoms with Crippen molar-refractivity contribution in [1.82, 2.24) is 14.8 Å². The van der Waals surface area contributed by atoms with Crippen LogP contribution in [-0.2, 0) is 9.47 Å². The van der Waals surface area contributed by atoms with Crippen molar-refractivity contribution < 1.29 is 19.1 Å². The van der Waals surface area contributed by atoms with E-state index in [0.29, 0.717) is 26.2 Å².